The molecule has 2 aromatic rings. The second-order valence-corrected chi connectivity index (χ2v) is 9.41. The van der Waals surface area contributed by atoms with Crippen molar-refractivity contribution in [1.82, 2.24) is 10.3 Å². The van der Waals surface area contributed by atoms with E-state index >= 15 is 0 Å². The molecular formula is C20H23BFN3O3S. The molecule has 9 heteroatoms. The number of hydrogen-bond acceptors (Lipinski definition) is 4. The molecule has 2 N–H and O–H groups in total. The first-order chi connectivity index (χ1) is 13.3. The predicted molar refractivity (Wildman–Crippen MR) is 114 cm³/mol. The summed E-state index contributed by atoms with van der Waals surface area (Å²) in [6, 6.07) is 7.65. The van der Waals surface area contributed by atoms with E-state index in [1.807, 2.05) is 26.8 Å². The molecule has 0 unspecified atom stereocenters. The molecule has 2 radical (unpaired) electrons. The minimum atomic E-state index is -3.57. The number of nitrogens with zero attached hydrogens (tertiary/aromatic N) is 1. The Morgan fingerprint density at radius 2 is 1.93 bits per heavy atom. The van der Waals surface area contributed by atoms with E-state index in [0.717, 1.165) is 18.0 Å². The molecule has 0 atom stereocenters. The Hall–Kier alpha value is -2.68. The highest BCUT2D eigenvalue weighted by Gasteiger charge is 2.15. The number of carbonyl (C=O) groups excluding carboxylic acids is 1. The van der Waals surface area contributed by atoms with Crippen LogP contribution in [0, 0.1) is 5.82 Å². The third kappa shape index (κ3) is 7.01. The monoisotopic (exact) mass is 415 g/mol. The Labute approximate surface area is 172 Å². The number of hydrogen-bond donors (Lipinski definition) is 2. The standard InChI is InChI=1S/C20H23BFN3O3S/c1-20(2,3)17-9-6-14(19(21)24-17)7-10-18(26)23-12-13-5-8-16(15(22)11-13)25-29(4,27)28/h5-11,25H,12H2,1-4H3,(H,23,26)/b10-7+. The van der Waals surface area contributed by atoms with Crippen molar-refractivity contribution in [2.75, 3.05) is 11.0 Å². The first-order valence-electron chi connectivity index (χ1n) is 8.84. The van der Waals surface area contributed by atoms with Gasteiger partial charge in [-0.2, -0.15) is 0 Å². The molecule has 0 saturated heterocycles. The lowest BCUT2D eigenvalue weighted by atomic mass is 9.88. The van der Waals surface area contributed by atoms with Crippen molar-refractivity contribution >= 4 is 41.1 Å². The summed E-state index contributed by atoms with van der Waals surface area (Å²) in [6.07, 6.45) is 3.82. The SMILES string of the molecule is [B]c1nc(C(C)(C)C)ccc1/C=C/C(=O)NCc1ccc(NS(C)(=O)=O)c(F)c1. The van der Waals surface area contributed by atoms with Crippen LogP contribution in [0.15, 0.2) is 36.4 Å². The van der Waals surface area contributed by atoms with Crippen molar-refractivity contribution in [1.29, 1.82) is 0 Å². The largest absolute Gasteiger partial charge is 0.348 e. The molecule has 1 heterocycles. The van der Waals surface area contributed by atoms with Gasteiger partial charge in [0.1, 0.15) is 13.7 Å². The molecule has 1 aromatic carbocycles. The number of anilines is 1. The van der Waals surface area contributed by atoms with Gasteiger partial charge in [-0.1, -0.05) is 32.9 Å². The summed E-state index contributed by atoms with van der Waals surface area (Å²) < 4.78 is 38.4. The van der Waals surface area contributed by atoms with E-state index in [9.17, 15) is 17.6 Å². The summed E-state index contributed by atoms with van der Waals surface area (Å²) in [5.41, 5.74) is 2.01. The molecule has 0 aliphatic carbocycles. The van der Waals surface area contributed by atoms with E-state index in [1.54, 1.807) is 12.1 Å². The van der Waals surface area contributed by atoms with Gasteiger partial charge in [0.25, 0.3) is 0 Å². The average Bonchev–Trinajstić information content (AvgIpc) is 2.59. The van der Waals surface area contributed by atoms with Crippen LogP contribution in [0.2, 0.25) is 0 Å². The maximum atomic E-state index is 14.0. The van der Waals surface area contributed by atoms with Crippen molar-refractivity contribution < 1.29 is 17.6 Å². The average molecular weight is 415 g/mol. The van der Waals surface area contributed by atoms with Gasteiger partial charge in [0.2, 0.25) is 15.9 Å². The molecule has 152 valence electrons. The van der Waals surface area contributed by atoms with Gasteiger partial charge < -0.3 is 5.32 Å². The summed E-state index contributed by atoms with van der Waals surface area (Å²) in [4.78, 5) is 16.4. The van der Waals surface area contributed by atoms with Gasteiger partial charge in [0, 0.05) is 23.7 Å². The second kappa shape index (κ2) is 8.77. The number of aromatic nitrogens is 1. The first kappa shape index (κ1) is 22.6. The van der Waals surface area contributed by atoms with E-state index in [1.165, 1.54) is 18.2 Å². The Balaban J connectivity index is 1.99. The molecule has 0 bridgehead atoms. The minimum Gasteiger partial charge on any atom is -0.348 e. The van der Waals surface area contributed by atoms with Gasteiger partial charge in [0.05, 0.1) is 11.9 Å². The Bertz CT molecular complexity index is 1050. The zero-order chi connectivity index (χ0) is 21.8. The Morgan fingerprint density at radius 3 is 2.48 bits per heavy atom. The molecule has 0 aliphatic rings. The Kier molecular flexibility index (Phi) is 6.84. The number of amides is 1. The quantitative estimate of drug-likeness (QED) is 0.558. The van der Waals surface area contributed by atoms with E-state index in [2.05, 4.69) is 15.0 Å². The van der Waals surface area contributed by atoms with Crippen molar-refractivity contribution in [3.05, 3.63) is 59.0 Å². The number of benzene rings is 1. The number of nitrogens with one attached hydrogen (secondary N) is 2. The number of carbonyl (C=O) groups is 1. The van der Waals surface area contributed by atoms with Gasteiger partial charge in [-0.15, -0.1) is 0 Å². The van der Waals surface area contributed by atoms with Crippen molar-refractivity contribution in [3.8, 4) is 0 Å². The fraction of sp³-hybridized carbons (Fsp3) is 0.300. The minimum absolute atomic E-state index is 0.0793. The molecule has 0 fully saturated rings. The third-order valence-electron chi connectivity index (χ3n) is 3.94. The molecule has 0 spiro atoms. The van der Waals surface area contributed by atoms with Crippen LogP contribution in [0.25, 0.3) is 6.08 Å². The summed E-state index contributed by atoms with van der Waals surface area (Å²) in [6.45, 7) is 6.18. The predicted octanol–water partition coefficient (Wildman–Crippen LogP) is 2.01. The van der Waals surface area contributed by atoms with Crippen LogP contribution < -0.4 is 15.6 Å². The van der Waals surface area contributed by atoms with E-state index in [-0.39, 0.29) is 23.6 Å². The van der Waals surface area contributed by atoms with Crippen molar-refractivity contribution in [2.45, 2.75) is 32.7 Å². The number of rotatable bonds is 6. The van der Waals surface area contributed by atoms with Gasteiger partial charge in [-0.25, -0.2) is 12.8 Å². The van der Waals surface area contributed by atoms with E-state index < -0.39 is 15.8 Å². The second-order valence-electron chi connectivity index (χ2n) is 7.66. The molecule has 1 aromatic heterocycles. The maximum Gasteiger partial charge on any atom is 0.244 e. The van der Waals surface area contributed by atoms with Crippen LogP contribution in [-0.4, -0.2) is 33.4 Å². The first-order valence-corrected chi connectivity index (χ1v) is 10.7. The van der Waals surface area contributed by atoms with Crippen LogP contribution >= 0.6 is 0 Å². The topological polar surface area (TPSA) is 88.2 Å². The van der Waals surface area contributed by atoms with Crippen LogP contribution in [0.1, 0.15) is 37.6 Å². The molecule has 0 aliphatic heterocycles. The molecule has 0 saturated carbocycles. The number of pyridine rings is 1. The normalized spacial score (nSPS) is 12.2. The fourth-order valence-corrected chi connectivity index (χ4v) is 2.97. The van der Waals surface area contributed by atoms with Gasteiger partial charge in [0.15, 0.2) is 0 Å². The lowest BCUT2D eigenvalue weighted by Gasteiger charge is -2.18. The maximum absolute atomic E-state index is 14.0. The molecule has 6 nitrogen and oxygen atoms in total. The summed E-state index contributed by atoms with van der Waals surface area (Å²) in [5.74, 6) is -1.11. The summed E-state index contributed by atoms with van der Waals surface area (Å²) in [5, 5.41) is 2.63. The highest BCUT2D eigenvalue weighted by atomic mass is 32.2. The van der Waals surface area contributed by atoms with Crippen LogP contribution in [0.3, 0.4) is 0 Å². The highest BCUT2D eigenvalue weighted by Crippen LogP contribution is 2.19. The van der Waals surface area contributed by atoms with Crippen molar-refractivity contribution in [2.24, 2.45) is 0 Å². The highest BCUT2D eigenvalue weighted by molar-refractivity contribution is 7.92. The lowest BCUT2D eigenvalue weighted by molar-refractivity contribution is -0.116. The number of halogens is 1. The van der Waals surface area contributed by atoms with Crippen molar-refractivity contribution in [3.63, 3.8) is 0 Å². The molecule has 2 rings (SSSR count). The smallest absolute Gasteiger partial charge is 0.244 e. The van der Waals surface area contributed by atoms with Crippen LogP contribution in [-0.2, 0) is 26.8 Å². The fourth-order valence-electron chi connectivity index (χ4n) is 2.41. The van der Waals surface area contributed by atoms with E-state index in [4.69, 9.17) is 7.85 Å². The van der Waals surface area contributed by atoms with E-state index in [0.29, 0.717) is 16.7 Å². The van der Waals surface area contributed by atoms with Crippen LogP contribution in [0.5, 0.6) is 0 Å². The number of sulfonamides is 1. The Morgan fingerprint density at radius 1 is 1.24 bits per heavy atom. The van der Waals surface area contributed by atoms with Gasteiger partial charge in [-0.05, 0) is 41.0 Å². The zero-order valence-corrected chi connectivity index (χ0v) is 17.6. The molecule has 1 amide bonds. The van der Waals surface area contributed by atoms with Gasteiger partial charge in [-0.3, -0.25) is 14.5 Å². The molecule has 29 heavy (non-hydrogen) atoms. The van der Waals surface area contributed by atoms with Crippen LogP contribution in [0.4, 0.5) is 10.1 Å². The van der Waals surface area contributed by atoms with Gasteiger partial charge >= 0.3 is 0 Å². The third-order valence-corrected chi connectivity index (χ3v) is 4.53. The summed E-state index contributed by atoms with van der Waals surface area (Å²) in [7, 11) is 2.39. The summed E-state index contributed by atoms with van der Waals surface area (Å²) >= 11 is 0. The molecular weight excluding hydrogens is 392 g/mol. The zero-order valence-electron chi connectivity index (χ0n) is 16.8. The lowest BCUT2D eigenvalue weighted by Crippen LogP contribution is -2.22.